The molecule has 248 valence electrons. The topological polar surface area (TPSA) is 243 Å². The summed E-state index contributed by atoms with van der Waals surface area (Å²) in [6.07, 6.45) is -2.21. The number of nitrogens with one attached hydrogen (secondary N) is 2. The Morgan fingerprint density at radius 1 is 1.22 bits per heavy atom. The predicted molar refractivity (Wildman–Crippen MR) is 157 cm³/mol. The fourth-order valence-electron chi connectivity index (χ4n) is 5.26. The van der Waals surface area contributed by atoms with Crippen LogP contribution in [0.25, 0.3) is 11.2 Å². The Bertz CT molecular complexity index is 1620. The maximum atomic E-state index is 14.2. The number of H-pyrrole nitrogens is 1. The van der Waals surface area contributed by atoms with Crippen molar-refractivity contribution in [2.45, 2.75) is 55.8 Å². The summed E-state index contributed by atoms with van der Waals surface area (Å²) in [6.45, 7) is 0.0791. The van der Waals surface area contributed by atoms with Gasteiger partial charge in [-0.05, 0) is 27.1 Å². The third-order valence-corrected chi connectivity index (χ3v) is 9.19. The summed E-state index contributed by atoms with van der Waals surface area (Å²) >= 11 is 0. The van der Waals surface area contributed by atoms with E-state index in [1.807, 2.05) is 19.0 Å². The molecular formula is C25H38N9O10P. The molecule has 2 fully saturated rings. The maximum absolute atomic E-state index is 14.2. The molecular weight excluding hydrogens is 617 g/mol. The molecule has 3 unspecified atom stereocenters. The van der Waals surface area contributed by atoms with Crippen LogP contribution in [0, 0.1) is 0 Å². The van der Waals surface area contributed by atoms with Gasteiger partial charge in [0.1, 0.15) is 48.6 Å². The molecule has 0 aromatic carbocycles. The lowest BCUT2D eigenvalue weighted by Crippen LogP contribution is -2.39. The molecule has 3 aromatic rings. The van der Waals surface area contributed by atoms with Crippen LogP contribution >= 0.6 is 7.75 Å². The van der Waals surface area contributed by atoms with Crippen molar-refractivity contribution < 1.29 is 38.0 Å². The largest absolute Gasteiger partial charge is 0.405 e. The van der Waals surface area contributed by atoms with Gasteiger partial charge in [0, 0.05) is 32.3 Å². The lowest BCUT2D eigenvalue weighted by Gasteiger charge is -2.26. The molecule has 20 heteroatoms. The lowest BCUT2D eigenvalue weighted by molar-refractivity contribution is -0.0634. The number of anilines is 1. The van der Waals surface area contributed by atoms with Gasteiger partial charge >= 0.3 is 13.4 Å². The molecule has 0 radical (unpaired) electrons. The van der Waals surface area contributed by atoms with Gasteiger partial charge in [-0.2, -0.15) is 0 Å². The molecule has 2 aliphatic rings. The minimum atomic E-state index is -4.13. The summed E-state index contributed by atoms with van der Waals surface area (Å²) < 4.78 is 46.0. The van der Waals surface area contributed by atoms with Gasteiger partial charge in [0.2, 0.25) is 0 Å². The van der Waals surface area contributed by atoms with E-state index in [1.54, 1.807) is 4.57 Å². The molecule has 0 saturated carbocycles. The van der Waals surface area contributed by atoms with Crippen LogP contribution in [0.4, 0.5) is 5.82 Å². The summed E-state index contributed by atoms with van der Waals surface area (Å²) in [5.41, 5.74) is 5.36. The van der Waals surface area contributed by atoms with E-state index in [0.29, 0.717) is 24.1 Å². The van der Waals surface area contributed by atoms with Gasteiger partial charge in [0.25, 0.3) is 5.56 Å². The summed E-state index contributed by atoms with van der Waals surface area (Å²) in [7, 11) is 1.01. The SMILES string of the molecule is CO[C@@H]1C(O)[C@@H](COP(=O)(NCCCN(C)C)OC2C[C@H](n3cnc4c(N)ncnc43)O[C@@H]2CO)O[C@H]1n1ccc(=O)[nH]c1=O. The average molecular weight is 656 g/mol. The zero-order valence-corrected chi connectivity index (χ0v) is 25.9. The van der Waals surface area contributed by atoms with Crippen molar-refractivity contribution in [1.29, 1.82) is 0 Å². The first-order chi connectivity index (χ1) is 21.5. The number of nitrogens with two attached hydrogens (primary N) is 1. The Morgan fingerprint density at radius 3 is 2.73 bits per heavy atom. The molecule has 0 amide bonds. The Balaban J connectivity index is 1.32. The molecule has 6 N–H and O–H groups in total. The molecule has 0 bridgehead atoms. The Kier molecular flexibility index (Phi) is 10.4. The summed E-state index contributed by atoms with van der Waals surface area (Å²) in [5.74, 6) is 0.197. The summed E-state index contributed by atoms with van der Waals surface area (Å²) in [6, 6.07) is 1.14. The van der Waals surface area contributed by atoms with Crippen molar-refractivity contribution in [3.8, 4) is 0 Å². The van der Waals surface area contributed by atoms with E-state index in [0.717, 1.165) is 10.6 Å². The number of aromatic amines is 1. The molecule has 0 aliphatic carbocycles. The predicted octanol–water partition coefficient (Wildman–Crippen LogP) is -1.44. The first-order valence-electron chi connectivity index (χ1n) is 14.2. The van der Waals surface area contributed by atoms with Crippen LogP contribution in [-0.4, -0.2) is 122 Å². The van der Waals surface area contributed by atoms with E-state index < -0.39 is 75.2 Å². The van der Waals surface area contributed by atoms with Crippen LogP contribution in [0.2, 0.25) is 0 Å². The van der Waals surface area contributed by atoms with Gasteiger partial charge in [0.15, 0.2) is 17.7 Å². The number of nitrogen functional groups attached to an aromatic ring is 1. The van der Waals surface area contributed by atoms with E-state index in [9.17, 15) is 24.4 Å². The second-order valence-electron chi connectivity index (χ2n) is 10.9. The number of rotatable bonds is 14. The molecule has 2 saturated heterocycles. The van der Waals surface area contributed by atoms with E-state index in [-0.39, 0.29) is 18.8 Å². The maximum Gasteiger partial charge on any atom is 0.405 e. The van der Waals surface area contributed by atoms with Crippen LogP contribution in [0.15, 0.2) is 34.5 Å². The van der Waals surface area contributed by atoms with Crippen LogP contribution in [0.1, 0.15) is 25.3 Å². The number of aliphatic hydroxyl groups is 2. The zero-order valence-electron chi connectivity index (χ0n) is 25.0. The smallest absolute Gasteiger partial charge is 0.394 e. The van der Waals surface area contributed by atoms with E-state index >= 15 is 0 Å². The van der Waals surface area contributed by atoms with Crippen molar-refractivity contribution in [3.05, 3.63) is 45.8 Å². The monoisotopic (exact) mass is 655 g/mol. The first-order valence-corrected chi connectivity index (χ1v) is 15.8. The van der Waals surface area contributed by atoms with Crippen molar-refractivity contribution in [1.82, 2.24) is 39.1 Å². The van der Waals surface area contributed by atoms with Crippen LogP contribution in [0.3, 0.4) is 0 Å². The van der Waals surface area contributed by atoms with Crippen molar-refractivity contribution >= 4 is 24.7 Å². The molecule has 3 aromatic heterocycles. The van der Waals surface area contributed by atoms with Crippen LogP contribution < -0.4 is 22.1 Å². The number of hydrogen-bond acceptors (Lipinski definition) is 15. The highest BCUT2D eigenvalue weighted by molar-refractivity contribution is 7.51. The molecule has 19 nitrogen and oxygen atoms in total. The lowest BCUT2D eigenvalue weighted by atomic mass is 10.1. The second kappa shape index (κ2) is 14.1. The normalized spacial score (nSPS) is 28.3. The number of nitrogens with zero attached hydrogens (tertiary/aromatic N) is 6. The minimum absolute atomic E-state index is 0.152. The molecule has 5 heterocycles. The third-order valence-electron chi connectivity index (χ3n) is 7.54. The number of imidazole rings is 1. The number of hydrogen-bond donors (Lipinski definition) is 5. The van der Waals surface area contributed by atoms with Crippen molar-refractivity contribution in [2.24, 2.45) is 0 Å². The number of aliphatic hydroxyl groups excluding tert-OH is 2. The van der Waals surface area contributed by atoms with Gasteiger partial charge in [-0.15, -0.1) is 0 Å². The molecule has 8 atom stereocenters. The average Bonchev–Trinajstić information content (AvgIpc) is 3.69. The standard InChI is InChI=1S/C25H38N9O10P/c1-32(2)7-4-6-30-45(39,41-11-16-20(37)21(40-3)24(43-16)33-8-5-17(36)31-25(33)38)44-14-9-18(42-15(14)10-35)34-13-29-19-22(26)27-12-28-23(19)34/h5,8,12-16,18,20-21,24,35,37H,4,6-7,9-11H2,1-3H3,(H,30,39)(H2,26,27,28)(H,31,36,38)/t14?,15-,16-,18-,20?,21-,24-,45?/m1/s1. The Hall–Kier alpha value is -3.10. The Labute approximate surface area is 256 Å². The Morgan fingerprint density at radius 2 is 2.02 bits per heavy atom. The highest BCUT2D eigenvalue weighted by atomic mass is 31.2. The van der Waals surface area contributed by atoms with Crippen molar-refractivity contribution in [3.63, 3.8) is 0 Å². The van der Waals surface area contributed by atoms with Gasteiger partial charge in [-0.25, -0.2) is 29.4 Å². The molecule has 2 aliphatic heterocycles. The third kappa shape index (κ3) is 7.33. The quantitative estimate of drug-likeness (QED) is 0.0986. The highest BCUT2D eigenvalue weighted by Crippen LogP contribution is 2.49. The van der Waals surface area contributed by atoms with Crippen LogP contribution in [-0.2, 0) is 27.8 Å². The van der Waals surface area contributed by atoms with Crippen molar-refractivity contribution in [2.75, 3.05) is 53.2 Å². The number of ether oxygens (including phenoxy) is 3. The van der Waals surface area contributed by atoms with Gasteiger partial charge in [0.05, 0.1) is 19.5 Å². The summed E-state index contributed by atoms with van der Waals surface area (Å²) in [4.78, 5) is 40.5. The zero-order chi connectivity index (χ0) is 32.3. The van der Waals surface area contributed by atoms with Gasteiger partial charge in [-0.1, -0.05) is 0 Å². The number of methoxy groups -OCH3 is 1. The fraction of sp³-hybridized carbons (Fsp3) is 0.640. The van der Waals surface area contributed by atoms with E-state index in [4.69, 9.17) is 29.0 Å². The highest BCUT2D eigenvalue weighted by Gasteiger charge is 2.47. The fourth-order valence-corrected chi connectivity index (χ4v) is 6.84. The molecule has 0 spiro atoms. The van der Waals surface area contributed by atoms with Gasteiger partial charge in [-0.3, -0.25) is 28.0 Å². The number of fused-ring (bicyclic) bond motifs is 1. The summed E-state index contributed by atoms with van der Waals surface area (Å²) in [5, 5.41) is 23.9. The van der Waals surface area contributed by atoms with E-state index in [1.165, 1.54) is 26.0 Å². The second-order valence-corrected chi connectivity index (χ2v) is 12.7. The molecule has 5 rings (SSSR count). The minimum Gasteiger partial charge on any atom is -0.394 e. The number of aromatic nitrogens is 6. The van der Waals surface area contributed by atoms with Gasteiger partial charge < -0.3 is 35.1 Å². The molecule has 45 heavy (non-hydrogen) atoms. The van der Waals surface area contributed by atoms with Crippen LogP contribution in [0.5, 0.6) is 0 Å². The first kappa shape index (κ1) is 33.3. The van der Waals surface area contributed by atoms with E-state index in [2.05, 4.69) is 25.0 Å².